The molecule has 0 unspecified atom stereocenters. The third-order valence-corrected chi connectivity index (χ3v) is 3.84. The van der Waals surface area contributed by atoms with Crippen LogP contribution in [-0.4, -0.2) is 28.9 Å². The summed E-state index contributed by atoms with van der Waals surface area (Å²) in [7, 11) is 0. The molecule has 25 heavy (non-hydrogen) atoms. The standard InChI is InChI=1S/C18H14N2O5/c1-2-23-18(22)16-17(21)20(13-6-4-3-5-12(13)19-16)11-7-8-14-15(9-11)25-10-24-14/h3-9H,2,10H2,1H3. The van der Waals surface area contributed by atoms with Gasteiger partial charge in [-0.1, -0.05) is 12.1 Å². The summed E-state index contributed by atoms with van der Waals surface area (Å²) in [5.41, 5.74) is 0.856. The second-order valence-corrected chi connectivity index (χ2v) is 5.35. The number of carbonyl (C=O) groups is 1. The van der Waals surface area contributed by atoms with Crippen LogP contribution in [0, 0.1) is 0 Å². The number of hydrogen-bond donors (Lipinski definition) is 0. The minimum Gasteiger partial charge on any atom is -0.461 e. The predicted octanol–water partition coefficient (Wildman–Crippen LogP) is 2.29. The first-order valence-electron chi connectivity index (χ1n) is 7.78. The SMILES string of the molecule is CCOC(=O)c1nc2ccccc2n(-c2ccc3c(c2)OCO3)c1=O. The lowest BCUT2D eigenvalue weighted by Crippen LogP contribution is -2.28. The quantitative estimate of drug-likeness (QED) is 0.682. The summed E-state index contributed by atoms with van der Waals surface area (Å²) in [6, 6.07) is 12.3. The van der Waals surface area contributed by atoms with Gasteiger partial charge in [0.25, 0.3) is 5.56 Å². The molecule has 1 aliphatic rings. The lowest BCUT2D eigenvalue weighted by atomic mass is 10.2. The Balaban J connectivity index is 2.00. The van der Waals surface area contributed by atoms with Crippen LogP contribution in [-0.2, 0) is 4.74 Å². The molecule has 2 heterocycles. The predicted molar refractivity (Wildman–Crippen MR) is 89.4 cm³/mol. The van der Waals surface area contributed by atoms with E-state index < -0.39 is 11.5 Å². The van der Waals surface area contributed by atoms with Crippen molar-refractivity contribution in [2.45, 2.75) is 6.92 Å². The van der Waals surface area contributed by atoms with Crippen LogP contribution in [0.5, 0.6) is 11.5 Å². The zero-order valence-corrected chi connectivity index (χ0v) is 13.4. The molecule has 0 saturated carbocycles. The van der Waals surface area contributed by atoms with Gasteiger partial charge in [-0.2, -0.15) is 0 Å². The molecule has 7 nitrogen and oxygen atoms in total. The van der Waals surface area contributed by atoms with Crippen LogP contribution in [0.25, 0.3) is 16.7 Å². The van der Waals surface area contributed by atoms with Crippen molar-refractivity contribution in [1.82, 2.24) is 9.55 Å². The van der Waals surface area contributed by atoms with Crippen molar-refractivity contribution in [3.8, 4) is 17.2 Å². The Morgan fingerprint density at radius 3 is 2.84 bits per heavy atom. The van der Waals surface area contributed by atoms with Crippen LogP contribution in [0.2, 0.25) is 0 Å². The molecule has 1 aromatic heterocycles. The number of esters is 1. The van der Waals surface area contributed by atoms with Gasteiger partial charge < -0.3 is 14.2 Å². The highest BCUT2D eigenvalue weighted by molar-refractivity contribution is 5.90. The van der Waals surface area contributed by atoms with Gasteiger partial charge in [-0.05, 0) is 31.2 Å². The number of fused-ring (bicyclic) bond motifs is 2. The Hall–Kier alpha value is -3.35. The van der Waals surface area contributed by atoms with Crippen molar-refractivity contribution < 1.29 is 19.0 Å². The minimum atomic E-state index is -0.743. The monoisotopic (exact) mass is 338 g/mol. The van der Waals surface area contributed by atoms with Gasteiger partial charge in [0.1, 0.15) is 0 Å². The Morgan fingerprint density at radius 2 is 2.00 bits per heavy atom. The molecule has 3 aromatic rings. The maximum absolute atomic E-state index is 12.9. The summed E-state index contributed by atoms with van der Waals surface area (Å²) >= 11 is 0. The van der Waals surface area contributed by atoms with E-state index in [1.165, 1.54) is 4.57 Å². The van der Waals surface area contributed by atoms with Crippen LogP contribution in [0.3, 0.4) is 0 Å². The van der Waals surface area contributed by atoms with E-state index in [0.717, 1.165) is 0 Å². The van der Waals surface area contributed by atoms with Gasteiger partial charge in [0, 0.05) is 6.07 Å². The zero-order chi connectivity index (χ0) is 17.4. The number of hydrogen-bond acceptors (Lipinski definition) is 6. The fourth-order valence-corrected chi connectivity index (χ4v) is 2.74. The van der Waals surface area contributed by atoms with Crippen molar-refractivity contribution >= 4 is 17.0 Å². The molecule has 0 saturated heterocycles. The number of aromatic nitrogens is 2. The second-order valence-electron chi connectivity index (χ2n) is 5.35. The highest BCUT2D eigenvalue weighted by atomic mass is 16.7. The molecule has 0 atom stereocenters. The molecule has 0 bridgehead atoms. The van der Waals surface area contributed by atoms with Crippen molar-refractivity contribution in [1.29, 1.82) is 0 Å². The Morgan fingerprint density at radius 1 is 1.20 bits per heavy atom. The van der Waals surface area contributed by atoms with Crippen molar-refractivity contribution in [3.63, 3.8) is 0 Å². The highest BCUT2D eigenvalue weighted by Gasteiger charge is 2.21. The number of nitrogens with zero attached hydrogens (tertiary/aromatic N) is 2. The largest absolute Gasteiger partial charge is 0.461 e. The van der Waals surface area contributed by atoms with Crippen LogP contribution >= 0.6 is 0 Å². The third kappa shape index (κ3) is 2.50. The summed E-state index contributed by atoms with van der Waals surface area (Å²) in [6.45, 7) is 1.98. The molecule has 1 aliphatic heterocycles. The van der Waals surface area contributed by atoms with E-state index >= 15 is 0 Å². The molecule has 126 valence electrons. The average Bonchev–Trinajstić information content (AvgIpc) is 3.09. The van der Waals surface area contributed by atoms with E-state index in [0.29, 0.717) is 28.2 Å². The summed E-state index contributed by atoms with van der Waals surface area (Å²) in [6.07, 6.45) is 0. The van der Waals surface area contributed by atoms with E-state index in [-0.39, 0.29) is 19.1 Å². The summed E-state index contributed by atoms with van der Waals surface area (Å²) in [4.78, 5) is 29.3. The van der Waals surface area contributed by atoms with E-state index in [9.17, 15) is 9.59 Å². The molecule has 7 heteroatoms. The zero-order valence-electron chi connectivity index (χ0n) is 13.4. The van der Waals surface area contributed by atoms with Crippen LogP contribution in [0.15, 0.2) is 47.3 Å². The van der Waals surface area contributed by atoms with Gasteiger partial charge in [-0.15, -0.1) is 0 Å². The number of benzene rings is 2. The summed E-state index contributed by atoms with van der Waals surface area (Å²) in [5, 5.41) is 0. The highest BCUT2D eigenvalue weighted by Crippen LogP contribution is 2.33. The number of carbonyl (C=O) groups excluding carboxylic acids is 1. The summed E-state index contributed by atoms with van der Waals surface area (Å²) < 4.78 is 17.1. The van der Waals surface area contributed by atoms with Gasteiger partial charge in [0.05, 0.1) is 23.3 Å². The van der Waals surface area contributed by atoms with Gasteiger partial charge in [0.15, 0.2) is 11.5 Å². The van der Waals surface area contributed by atoms with Crippen LogP contribution < -0.4 is 15.0 Å². The Bertz CT molecular complexity index is 1040. The molecule has 0 radical (unpaired) electrons. The molecule has 2 aromatic carbocycles. The first-order chi connectivity index (χ1) is 12.2. The van der Waals surface area contributed by atoms with Crippen molar-refractivity contribution in [3.05, 3.63) is 58.5 Å². The maximum atomic E-state index is 12.9. The number of para-hydroxylation sites is 2. The van der Waals surface area contributed by atoms with E-state index in [4.69, 9.17) is 14.2 Å². The van der Waals surface area contributed by atoms with Gasteiger partial charge in [0.2, 0.25) is 12.5 Å². The first kappa shape index (κ1) is 15.2. The fourth-order valence-electron chi connectivity index (χ4n) is 2.74. The van der Waals surface area contributed by atoms with E-state index in [1.807, 2.05) is 0 Å². The molecule has 0 N–H and O–H groups in total. The Kier molecular flexibility index (Phi) is 3.61. The smallest absolute Gasteiger partial charge is 0.362 e. The van der Waals surface area contributed by atoms with Crippen LogP contribution in [0.1, 0.15) is 17.4 Å². The second kappa shape index (κ2) is 5.94. The molecule has 4 rings (SSSR count). The van der Waals surface area contributed by atoms with Gasteiger partial charge >= 0.3 is 5.97 Å². The Labute approximate surface area is 142 Å². The third-order valence-electron chi connectivity index (χ3n) is 3.84. The molecule has 0 aliphatic carbocycles. The lowest BCUT2D eigenvalue weighted by Gasteiger charge is -2.12. The topological polar surface area (TPSA) is 79.7 Å². The summed E-state index contributed by atoms with van der Waals surface area (Å²) in [5.74, 6) is 0.413. The minimum absolute atomic E-state index is 0.138. The molecule has 0 amide bonds. The lowest BCUT2D eigenvalue weighted by molar-refractivity contribution is 0.0517. The fraction of sp³-hybridized carbons (Fsp3) is 0.167. The maximum Gasteiger partial charge on any atom is 0.362 e. The molecular formula is C18H14N2O5. The van der Waals surface area contributed by atoms with Crippen LogP contribution in [0.4, 0.5) is 0 Å². The molecule has 0 fully saturated rings. The van der Waals surface area contributed by atoms with Gasteiger partial charge in [-0.3, -0.25) is 9.36 Å². The first-order valence-corrected chi connectivity index (χ1v) is 7.78. The molecule has 0 spiro atoms. The van der Waals surface area contributed by atoms with Crippen molar-refractivity contribution in [2.75, 3.05) is 13.4 Å². The number of rotatable bonds is 3. The average molecular weight is 338 g/mol. The van der Waals surface area contributed by atoms with Crippen molar-refractivity contribution in [2.24, 2.45) is 0 Å². The van der Waals surface area contributed by atoms with E-state index in [1.54, 1.807) is 49.4 Å². The van der Waals surface area contributed by atoms with Gasteiger partial charge in [-0.25, -0.2) is 9.78 Å². The normalized spacial score (nSPS) is 12.4. The molecular weight excluding hydrogens is 324 g/mol. The number of ether oxygens (including phenoxy) is 3. The van der Waals surface area contributed by atoms with E-state index in [2.05, 4.69) is 4.98 Å².